The molecule has 2 aromatic heterocycles. The van der Waals surface area contributed by atoms with E-state index in [0.29, 0.717) is 12.4 Å². The standard InChI is InChI=1S/C13H16F3N3S/c1-3-8-7-9-11(17-4-2)18-10(19-12(9)20-8)5-6-13(14,15)16/h7H,3-6H2,1-2H3,(H,17,18,19). The van der Waals surface area contributed by atoms with Crippen molar-refractivity contribution in [1.29, 1.82) is 0 Å². The molecule has 0 atom stereocenters. The second-order valence-electron chi connectivity index (χ2n) is 4.42. The number of aryl methyl sites for hydroxylation is 2. The van der Waals surface area contributed by atoms with Crippen LogP contribution in [-0.2, 0) is 12.8 Å². The van der Waals surface area contributed by atoms with Gasteiger partial charge in [-0.15, -0.1) is 11.3 Å². The molecular formula is C13H16F3N3S. The monoisotopic (exact) mass is 303 g/mol. The third-order valence-electron chi connectivity index (χ3n) is 2.81. The van der Waals surface area contributed by atoms with Gasteiger partial charge in [-0.1, -0.05) is 6.92 Å². The van der Waals surface area contributed by atoms with Gasteiger partial charge in [0.2, 0.25) is 0 Å². The zero-order valence-corrected chi connectivity index (χ0v) is 12.2. The lowest BCUT2D eigenvalue weighted by Gasteiger charge is -2.08. The Hall–Kier alpha value is -1.37. The fourth-order valence-corrected chi connectivity index (χ4v) is 2.84. The van der Waals surface area contributed by atoms with Gasteiger partial charge in [-0.2, -0.15) is 13.2 Å². The van der Waals surface area contributed by atoms with Crippen molar-refractivity contribution in [3.63, 3.8) is 0 Å². The lowest BCUT2D eigenvalue weighted by atomic mass is 10.2. The number of anilines is 1. The summed E-state index contributed by atoms with van der Waals surface area (Å²) in [4.78, 5) is 10.4. The molecule has 0 aromatic carbocycles. The predicted octanol–water partition coefficient (Wildman–Crippen LogP) is 4.18. The molecule has 7 heteroatoms. The summed E-state index contributed by atoms with van der Waals surface area (Å²) < 4.78 is 36.9. The van der Waals surface area contributed by atoms with E-state index in [1.807, 2.05) is 19.9 Å². The first-order chi connectivity index (χ1) is 9.43. The third-order valence-corrected chi connectivity index (χ3v) is 3.99. The summed E-state index contributed by atoms with van der Waals surface area (Å²) in [5.74, 6) is 0.876. The minimum absolute atomic E-state index is 0.183. The number of halogens is 3. The van der Waals surface area contributed by atoms with E-state index in [9.17, 15) is 13.2 Å². The maximum atomic E-state index is 12.3. The largest absolute Gasteiger partial charge is 0.389 e. The summed E-state index contributed by atoms with van der Waals surface area (Å²) in [5, 5.41) is 3.99. The summed E-state index contributed by atoms with van der Waals surface area (Å²) >= 11 is 1.51. The fraction of sp³-hybridized carbons (Fsp3) is 0.538. The minimum Gasteiger partial charge on any atom is -0.370 e. The maximum absolute atomic E-state index is 12.3. The molecular weight excluding hydrogens is 287 g/mol. The van der Waals surface area contributed by atoms with E-state index in [4.69, 9.17) is 0 Å². The third kappa shape index (κ3) is 3.59. The molecule has 0 fully saturated rings. The smallest absolute Gasteiger partial charge is 0.370 e. The molecule has 0 saturated carbocycles. The van der Waals surface area contributed by atoms with Crippen molar-refractivity contribution in [2.75, 3.05) is 11.9 Å². The van der Waals surface area contributed by atoms with Gasteiger partial charge in [0.15, 0.2) is 0 Å². The van der Waals surface area contributed by atoms with Crippen molar-refractivity contribution in [3.05, 3.63) is 16.8 Å². The quantitative estimate of drug-likeness (QED) is 0.900. The van der Waals surface area contributed by atoms with E-state index in [1.165, 1.54) is 11.3 Å². The molecule has 0 unspecified atom stereocenters. The highest BCUT2D eigenvalue weighted by atomic mass is 32.1. The van der Waals surface area contributed by atoms with Crippen molar-refractivity contribution in [1.82, 2.24) is 9.97 Å². The molecule has 0 aliphatic heterocycles. The Morgan fingerprint density at radius 1 is 1.25 bits per heavy atom. The van der Waals surface area contributed by atoms with Crippen LogP contribution in [0.15, 0.2) is 6.07 Å². The lowest BCUT2D eigenvalue weighted by molar-refractivity contribution is -0.134. The number of rotatable bonds is 5. The Morgan fingerprint density at radius 2 is 2.00 bits per heavy atom. The van der Waals surface area contributed by atoms with Crippen LogP contribution < -0.4 is 5.32 Å². The van der Waals surface area contributed by atoms with Gasteiger partial charge in [0, 0.05) is 17.8 Å². The van der Waals surface area contributed by atoms with Crippen molar-refractivity contribution in [2.24, 2.45) is 0 Å². The average Bonchev–Trinajstić information content (AvgIpc) is 2.79. The molecule has 20 heavy (non-hydrogen) atoms. The normalized spacial score (nSPS) is 12.1. The van der Waals surface area contributed by atoms with E-state index >= 15 is 0 Å². The van der Waals surface area contributed by atoms with Crippen LogP contribution in [0.1, 0.15) is 31.0 Å². The van der Waals surface area contributed by atoms with Gasteiger partial charge in [0.05, 0.1) is 11.8 Å². The number of thiophene rings is 1. The molecule has 2 rings (SSSR count). The Kier molecular flexibility index (Phi) is 4.47. The Labute approximate surface area is 119 Å². The van der Waals surface area contributed by atoms with Gasteiger partial charge < -0.3 is 5.32 Å². The molecule has 0 radical (unpaired) electrons. The van der Waals surface area contributed by atoms with Gasteiger partial charge in [-0.25, -0.2) is 9.97 Å². The van der Waals surface area contributed by atoms with Crippen LogP contribution in [-0.4, -0.2) is 22.7 Å². The minimum atomic E-state index is -4.18. The zero-order valence-electron chi connectivity index (χ0n) is 11.3. The molecule has 0 bridgehead atoms. The van der Waals surface area contributed by atoms with E-state index < -0.39 is 12.6 Å². The summed E-state index contributed by atoms with van der Waals surface area (Å²) in [5.41, 5.74) is 0. The molecule has 0 amide bonds. The first kappa shape index (κ1) is 15.0. The molecule has 0 aliphatic carbocycles. The number of fused-ring (bicyclic) bond motifs is 1. The van der Waals surface area contributed by atoms with Crippen LogP contribution in [0, 0.1) is 0 Å². The number of alkyl halides is 3. The molecule has 3 nitrogen and oxygen atoms in total. The van der Waals surface area contributed by atoms with Crippen LogP contribution in [0.3, 0.4) is 0 Å². The predicted molar refractivity (Wildman–Crippen MR) is 75.3 cm³/mol. The first-order valence-electron chi connectivity index (χ1n) is 6.53. The highest BCUT2D eigenvalue weighted by Gasteiger charge is 2.27. The molecule has 2 aromatic rings. The molecule has 1 N–H and O–H groups in total. The molecule has 0 spiro atoms. The van der Waals surface area contributed by atoms with E-state index in [0.717, 1.165) is 21.5 Å². The van der Waals surface area contributed by atoms with Crippen molar-refractivity contribution in [3.8, 4) is 0 Å². The number of hydrogen-bond acceptors (Lipinski definition) is 4. The van der Waals surface area contributed by atoms with Crippen LogP contribution in [0.2, 0.25) is 0 Å². The molecule has 110 valence electrons. The van der Waals surface area contributed by atoms with E-state index in [-0.39, 0.29) is 12.2 Å². The zero-order chi connectivity index (χ0) is 14.8. The highest BCUT2D eigenvalue weighted by Crippen LogP contribution is 2.30. The Morgan fingerprint density at radius 3 is 2.60 bits per heavy atom. The number of hydrogen-bond donors (Lipinski definition) is 1. The number of aromatic nitrogens is 2. The topological polar surface area (TPSA) is 37.8 Å². The molecule has 2 heterocycles. The number of nitrogens with zero attached hydrogens (tertiary/aromatic N) is 2. The molecule has 0 aliphatic rings. The van der Waals surface area contributed by atoms with Gasteiger partial charge >= 0.3 is 6.18 Å². The number of nitrogens with one attached hydrogen (secondary N) is 1. The van der Waals surface area contributed by atoms with E-state index in [1.54, 1.807) is 0 Å². The summed E-state index contributed by atoms with van der Waals surface area (Å²) in [6.07, 6.45) is -4.38. The van der Waals surface area contributed by atoms with Crippen LogP contribution >= 0.6 is 11.3 Å². The second kappa shape index (κ2) is 5.95. The van der Waals surface area contributed by atoms with Crippen molar-refractivity contribution < 1.29 is 13.2 Å². The SMILES string of the molecule is CCNc1nc(CCC(F)(F)F)nc2sc(CC)cc12. The summed E-state index contributed by atoms with van der Waals surface area (Å²) in [7, 11) is 0. The van der Waals surface area contributed by atoms with Crippen LogP contribution in [0.4, 0.5) is 19.0 Å². The van der Waals surface area contributed by atoms with Gasteiger partial charge in [-0.05, 0) is 19.4 Å². The van der Waals surface area contributed by atoms with Crippen LogP contribution in [0.25, 0.3) is 10.2 Å². The summed E-state index contributed by atoms with van der Waals surface area (Å²) in [6.45, 7) is 4.63. The Balaban J connectivity index is 2.36. The molecule has 0 saturated heterocycles. The average molecular weight is 303 g/mol. The van der Waals surface area contributed by atoms with Gasteiger partial charge in [-0.3, -0.25) is 0 Å². The first-order valence-corrected chi connectivity index (χ1v) is 7.34. The highest BCUT2D eigenvalue weighted by molar-refractivity contribution is 7.18. The van der Waals surface area contributed by atoms with Crippen LogP contribution in [0.5, 0.6) is 0 Å². The second-order valence-corrected chi connectivity index (χ2v) is 5.53. The van der Waals surface area contributed by atoms with Crippen molar-refractivity contribution >= 4 is 27.4 Å². The maximum Gasteiger partial charge on any atom is 0.389 e. The van der Waals surface area contributed by atoms with Gasteiger partial charge in [0.25, 0.3) is 0 Å². The van der Waals surface area contributed by atoms with E-state index in [2.05, 4.69) is 15.3 Å². The van der Waals surface area contributed by atoms with Gasteiger partial charge in [0.1, 0.15) is 16.5 Å². The van der Waals surface area contributed by atoms with Crippen molar-refractivity contribution in [2.45, 2.75) is 39.3 Å². The summed E-state index contributed by atoms with van der Waals surface area (Å²) in [6, 6.07) is 2.01. The fourth-order valence-electron chi connectivity index (χ4n) is 1.86. The Bertz CT molecular complexity index is 592. The lowest BCUT2D eigenvalue weighted by Crippen LogP contribution is -2.11.